The van der Waals surface area contributed by atoms with E-state index in [2.05, 4.69) is 30.9 Å². The largest absolute Gasteiger partial charge is 0.497 e. The summed E-state index contributed by atoms with van der Waals surface area (Å²) in [6.45, 7) is 4.28. The normalized spacial score (nSPS) is 11.0. The Hall–Kier alpha value is -3.52. The molecule has 1 aromatic heterocycles. The summed E-state index contributed by atoms with van der Waals surface area (Å²) in [5, 5.41) is 9.78. The number of ether oxygens (including phenoxy) is 1. The predicted molar refractivity (Wildman–Crippen MR) is 125 cm³/mol. The Morgan fingerprint density at radius 2 is 1.63 bits per heavy atom. The Bertz CT molecular complexity index is 1000. The molecular weight excluding hydrogens is 396 g/mol. The SMILES string of the molecule is COc1ccc(CN=C(NC(=S)Nc2ccccc2)Nc2nc(C)cc(C)n2)cc1. The van der Waals surface area contributed by atoms with E-state index in [9.17, 15) is 0 Å². The number of thiocarbonyl (C=S) groups is 1. The van der Waals surface area contributed by atoms with E-state index in [-0.39, 0.29) is 0 Å². The molecular formula is C22H24N6OS. The van der Waals surface area contributed by atoms with Crippen LogP contribution >= 0.6 is 12.2 Å². The maximum Gasteiger partial charge on any atom is 0.229 e. The molecule has 1 heterocycles. The van der Waals surface area contributed by atoms with Crippen LogP contribution in [0.3, 0.4) is 0 Å². The van der Waals surface area contributed by atoms with Crippen molar-refractivity contribution in [3.63, 3.8) is 0 Å². The molecule has 0 radical (unpaired) electrons. The summed E-state index contributed by atoms with van der Waals surface area (Å²) in [6, 6.07) is 19.3. The molecule has 154 valence electrons. The summed E-state index contributed by atoms with van der Waals surface area (Å²) in [6.07, 6.45) is 0. The highest BCUT2D eigenvalue weighted by atomic mass is 32.1. The maximum absolute atomic E-state index is 5.44. The molecule has 0 aliphatic carbocycles. The molecule has 0 unspecified atom stereocenters. The van der Waals surface area contributed by atoms with E-state index >= 15 is 0 Å². The van der Waals surface area contributed by atoms with Crippen LogP contribution in [0.4, 0.5) is 11.6 Å². The topological polar surface area (TPSA) is 83.5 Å². The van der Waals surface area contributed by atoms with Crippen molar-refractivity contribution in [1.82, 2.24) is 15.3 Å². The van der Waals surface area contributed by atoms with E-state index in [0.29, 0.717) is 23.6 Å². The molecule has 0 amide bonds. The molecule has 30 heavy (non-hydrogen) atoms. The third-order valence-corrected chi connectivity index (χ3v) is 4.26. The van der Waals surface area contributed by atoms with Crippen LogP contribution in [-0.4, -0.2) is 28.1 Å². The standard InChI is InChI=1S/C22H24N6OS/c1-15-13-16(2)25-21(24-15)27-20(23-14-17-9-11-19(29-3)12-10-17)28-22(30)26-18-7-5-4-6-8-18/h4-13H,14H2,1-3H3,(H3,23,24,25,26,27,28,30). The van der Waals surface area contributed by atoms with Gasteiger partial charge in [-0.1, -0.05) is 30.3 Å². The number of rotatable bonds is 5. The summed E-state index contributed by atoms with van der Waals surface area (Å²) >= 11 is 5.44. The first kappa shape index (κ1) is 21.2. The van der Waals surface area contributed by atoms with E-state index < -0.39 is 0 Å². The molecule has 8 heteroatoms. The van der Waals surface area contributed by atoms with Crippen molar-refractivity contribution < 1.29 is 4.74 Å². The van der Waals surface area contributed by atoms with E-state index in [0.717, 1.165) is 28.4 Å². The number of nitrogens with one attached hydrogen (secondary N) is 3. The minimum absolute atomic E-state index is 0.409. The van der Waals surface area contributed by atoms with Gasteiger partial charge in [-0.3, -0.25) is 5.32 Å². The number of hydrogen-bond acceptors (Lipinski definition) is 5. The van der Waals surface area contributed by atoms with Gasteiger partial charge in [0.15, 0.2) is 5.11 Å². The van der Waals surface area contributed by atoms with Crippen LogP contribution in [0.1, 0.15) is 17.0 Å². The predicted octanol–water partition coefficient (Wildman–Crippen LogP) is 4.06. The number of anilines is 2. The van der Waals surface area contributed by atoms with Crippen molar-refractivity contribution in [3.05, 3.63) is 77.6 Å². The van der Waals surface area contributed by atoms with Gasteiger partial charge in [-0.05, 0) is 62.0 Å². The van der Waals surface area contributed by atoms with Crippen LogP contribution < -0.4 is 20.7 Å². The fourth-order valence-electron chi connectivity index (χ4n) is 2.69. The smallest absolute Gasteiger partial charge is 0.229 e. The van der Waals surface area contributed by atoms with Gasteiger partial charge in [0.25, 0.3) is 0 Å². The van der Waals surface area contributed by atoms with E-state index in [1.54, 1.807) is 7.11 Å². The fraction of sp³-hybridized carbons (Fsp3) is 0.182. The number of aryl methyl sites for hydroxylation is 2. The zero-order valence-corrected chi connectivity index (χ0v) is 18.0. The highest BCUT2D eigenvalue weighted by Gasteiger charge is 2.07. The molecule has 2 aromatic carbocycles. The molecule has 0 saturated heterocycles. The number of aliphatic imine (C=N–C) groups is 1. The lowest BCUT2D eigenvalue weighted by atomic mass is 10.2. The maximum atomic E-state index is 5.44. The molecule has 7 nitrogen and oxygen atoms in total. The van der Waals surface area contributed by atoms with Crippen LogP contribution in [0.15, 0.2) is 65.7 Å². The molecule has 3 aromatic rings. The third kappa shape index (κ3) is 6.52. The Kier molecular flexibility index (Phi) is 7.29. The molecule has 3 rings (SSSR count). The number of guanidine groups is 1. The lowest BCUT2D eigenvalue weighted by Gasteiger charge is -2.14. The van der Waals surface area contributed by atoms with Gasteiger partial charge in [-0.2, -0.15) is 0 Å². The van der Waals surface area contributed by atoms with Gasteiger partial charge in [0.2, 0.25) is 11.9 Å². The number of para-hydroxylation sites is 1. The van der Waals surface area contributed by atoms with Gasteiger partial charge in [-0.15, -0.1) is 0 Å². The van der Waals surface area contributed by atoms with Gasteiger partial charge in [0, 0.05) is 17.1 Å². The fourth-order valence-corrected chi connectivity index (χ4v) is 2.91. The van der Waals surface area contributed by atoms with E-state index in [1.165, 1.54) is 0 Å². The second-order valence-corrected chi connectivity index (χ2v) is 6.97. The Balaban J connectivity index is 1.76. The average Bonchev–Trinajstić information content (AvgIpc) is 2.72. The van der Waals surface area contributed by atoms with Crippen molar-refractivity contribution in [2.75, 3.05) is 17.7 Å². The molecule has 3 N–H and O–H groups in total. The Morgan fingerprint density at radius 3 is 2.27 bits per heavy atom. The van der Waals surface area contributed by atoms with Gasteiger partial charge in [0.1, 0.15) is 5.75 Å². The third-order valence-electron chi connectivity index (χ3n) is 4.05. The lowest BCUT2D eigenvalue weighted by molar-refractivity contribution is 0.414. The van der Waals surface area contributed by atoms with Gasteiger partial charge in [-0.25, -0.2) is 15.0 Å². The molecule has 0 fully saturated rings. The molecule has 0 spiro atoms. The summed E-state index contributed by atoms with van der Waals surface area (Å²) in [4.78, 5) is 13.5. The number of nitrogens with zero attached hydrogens (tertiary/aromatic N) is 3. The highest BCUT2D eigenvalue weighted by Crippen LogP contribution is 2.12. The van der Waals surface area contributed by atoms with Crippen LogP contribution in [0.5, 0.6) is 5.75 Å². The Morgan fingerprint density at radius 1 is 0.967 bits per heavy atom. The van der Waals surface area contributed by atoms with Crippen molar-refractivity contribution in [3.8, 4) is 5.75 Å². The lowest BCUT2D eigenvalue weighted by Crippen LogP contribution is -2.39. The highest BCUT2D eigenvalue weighted by molar-refractivity contribution is 7.80. The van der Waals surface area contributed by atoms with Crippen LogP contribution in [0.25, 0.3) is 0 Å². The Labute approximate surface area is 181 Å². The van der Waals surface area contributed by atoms with E-state index in [4.69, 9.17) is 17.0 Å². The number of methoxy groups -OCH3 is 1. The molecule has 0 saturated carbocycles. The zero-order chi connectivity index (χ0) is 21.3. The summed E-state index contributed by atoms with van der Waals surface area (Å²) in [7, 11) is 1.64. The van der Waals surface area contributed by atoms with Crippen molar-refractivity contribution in [2.45, 2.75) is 20.4 Å². The van der Waals surface area contributed by atoms with Gasteiger partial charge >= 0.3 is 0 Å². The number of aromatic nitrogens is 2. The van der Waals surface area contributed by atoms with Gasteiger partial charge in [0.05, 0.1) is 13.7 Å². The van der Waals surface area contributed by atoms with Crippen LogP contribution in [0.2, 0.25) is 0 Å². The first-order valence-corrected chi connectivity index (χ1v) is 9.82. The van der Waals surface area contributed by atoms with Gasteiger partial charge < -0.3 is 15.4 Å². The zero-order valence-electron chi connectivity index (χ0n) is 17.1. The van der Waals surface area contributed by atoms with Crippen molar-refractivity contribution in [2.24, 2.45) is 4.99 Å². The quantitative estimate of drug-likeness (QED) is 0.326. The first-order valence-electron chi connectivity index (χ1n) is 9.41. The monoisotopic (exact) mass is 420 g/mol. The number of hydrogen-bond donors (Lipinski definition) is 3. The minimum Gasteiger partial charge on any atom is -0.497 e. The van der Waals surface area contributed by atoms with Crippen molar-refractivity contribution in [1.29, 1.82) is 0 Å². The van der Waals surface area contributed by atoms with Crippen LogP contribution in [-0.2, 0) is 6.54 Å². The summed E-state index contributed by atoms with van der Waals surface area (Å²) in [5.74, 6) is 1.70. The average molecular weight is 421 g/mol. The molecule has 0 atom stereocenters. The summed E-state index contributed by atoms with van der Waals surface area (Å²) in [5.41, 5.74) is 3.64. The van der Waals surface area contributed by atoms with Crippen molar-refractivity contribution >= 4 is 34.9 Å². The molecule has 0 aliphatic rings. The van der Waals surface area contributed by atoms with E-state index in [1.807, 2.05) is 74.5 Å². The molecule has 0 aliphatic heterocycles. The number of benzene rings is 2. The van der Waals surface area contributed by atoms with Crippen LogP contribution in [0, 0.1) is 13.8 Å². The second kappa shape index (κ2) is 10.3. The molecule has 0 bridgehead atoms. The summed E-state index contributed by atoms with van der Waals surface area (Å²) < 4.78 is 5.20. The first-order chi connectivity index (χ1) is 14.5. The second-order valence-electron chi connectivity index (χ2n) is 6.56. The minimum atomic E-state index is 0.409.